The van der Waals surface area contributed by atoms with Crippen molar-refractivity contribution in [3.8, 4) is 0 Å². The Hall–Kier alpha value is -1.41. The third kappa shape index (κ3) is 16.1. The number of unbranched alkanes of at least 4 members (excludes halogenated alkanes) is 10. The topological polar surface area (TPSA) is 107 Å². The summed E-state index contributed by atoms with van der Waals surface area (Å²) >= 11 is 0. The summed E-state index contributed by atoms with van der Waals surface area (Å²) in [6.45, 7) is 5.76. The van der Waals surface area contributed by atoms with E-state index in [1.54, 1.807) is 0 Å². The minimum atomic E-state index is -4.75. The highest BCUT2D eigenvalue weighted by Crippen LogP contribution is 2.12. The van der Waals surface area contributed by atoms with Crippen LogP contribution < -0.4 is 0 Å². The van der Waals surface area contributed by atoms with Gasteiger partial charge in [-0.25, -0.2) is 0 Å². The maximum atomic E-state index is 11.8. The van der Waals surface area contributed by atoms with Gasteiger partial charge in [-0.15, -0.1) is 6.58 Å². The second-order valence-corrected chi connectivity index (χ2v) is 8.81. The van der Waals surface area contributed by atoms with Crippen molar-refractivity contribution in [2.75, 3.05) is 13.2 Å². The number of rotatable bonds is 19. The van der Waals surface area contributed by atoms with E-state index in [2.05, 4.69) is 13.5 Å². The predicted octanol–water partition coefficient (Wildman–Crippen LogP) is 4.61. The Morgan fingerprint density at radius 1 is 0.897 bits per heavy atom. The van der Waals surface area contributed by atoms with Crippen molar-refractivity contribution in [3.05, 3.63) is 12.7 Å². The number of esters is 2. The summed E-state index contributed by atoms with van der Waals surface area (Å²) < 4.78 is 41.6. The Kier molecular flexibility index (Phi) is 16.6. The highest BCUT2D eigenvalue weighted by Gasteiger charge is 2.35. The molecule has 0 aromatic carbocycles. The molecule has 0 aromatic rings. The van der Waals surface area contributed by atoms with Crippen LogP contribution in [0.3, 0.4) is 0 Å². The molecule has 0 aliphatic carbocycles. The molecule has 1 N–H and O–H groups in total. The van der Waals surface area contributed by atoms with Gasteiger partial charge in [0.2, 0.25) is 0 Å². The number of hydrogen-bond acceptors (Lipinski definition) is 6. The highest BCUT2D eigenvalue weighted by molar-refractivity contribution is 7.87. The summed E-state index contributed by atoms with van der Waals surface area (Å²) in [5.41, 5.74) is 0. The van der Waals surface area contributed by atoms with E-state index in [0.29, 0.717) is 12.8 Å². The molecule has 170 valence electrons. The molecule has 0 aliphatic rings. The van der Waals surface area contributed by atoms with Gasteiger partial charge >= 0.3 is 11.9 Å². The minimum Gasteiger partial charge on any atom is -0.466 e. The lowest BCUT2D eigenvalue weighted by Gasteiger charge is -2.12. The quantitative estimate of drug-likeness (QED) is 0.137. The van der Waals surface area contributed by atoms with Gasteiger partial charge in [-0.2, -0.15) is 8.42 Å². The van der Waals surface area contributed by atoms with Gasteiger partial charge in [-0.1, -0.05) is 77.2 Å². The largest absolute Gasteiger partial charge is 0.466 e. The van der Waals surface area contributed by atoms with Gasteiger partial charge in [0.15, 0.2) is 5.25 Å². The summed E-state index contributed by atoms with van der Waals surface area (Å²) in [5, 5.41) is -1.96. The SMILES string of the molecule is C=CCCOC(=O)C(CC(=O)OCCCCCCCCCCCCC)S(=O)(=O)O. The van der Waals surface area contributed by atoms with Crippen molar-refractivity contribution in [2.45, 2.75) is 95.6 Å². The van der Waals surface area contributed by atoms with E-state index in [4.69, 9.17) is 14.0 Å². The lowest BCUT2D eigenvalue weighted by atomic mass is 10.1. The Bertz CT molecular complexity index is 557. The molecule has 0 bridgehead atoms. The summed E-state index contributed by atoms with van der Waals surface area (Å²) in [4.78, 5) is 23.6. The molecule has 0 rings (SSSR count). The first-order valence-corrected chi connectivity index (χ1v) is 12.2. The van der Waals surface area contributed by atoms with Crippen molar-refractivity contribution < 1.29 is 32.0 Å². The summed E-state index contributed by atoms with van der Waals surface area (Å²) in [6, 6.07) is 0. The van der Waals surface area contributed by atoms with E-state index in [1.165, 1.54) is 51.0 Å². The third-order valence-corrected chi connectivity index (χ3v) is 5.63. The van der Waals surface area contributed by atoms with Crippen LogP contribution in [0.1, 0.15) is 90.4 Å². The predicted molar refractivity (Wildman–Crippen MR) is 113 cm³/mol. The average molecular weight is 435 g/mol. The van der Waals surface area contributed by atoms with Crippen LogP contribution in [0.2, 0.25) is 0 Å². The van der Waals surface area contributed by atoms with Crippen molar-refractivity contribution >= 4 is 22.1 Å². The molecule has 0 aromatic heterocycles. The zero-order valence-electron chi connectivity index (χ0n) is 17.8. The summed E-state index contributed by atoms with van der Waals surface area (Å²) in [6.07, 6.45) is 13.9. The van der Waals surface area contributed by atoms with Crippen LogP contribution >= 0.6 is 0 Å². The first-order chi connectivity index (χ1) is 13.8. The Morgan fingerprint density at radius 3 is 1.90 bits per heavy atom. The number of carbonyl (C=O) groups excluding carboxylic acids is 2. The fraction of sp³-hybridized carbons (Fsp3) is 0.810. The van der Waals surface area contributed by atoms with Crippen LogP contribution in [0, 0.1) is 0 Å². The van der Waals surface area contributed by atoms with Gasteiger partial charge in [0.1, 0.15) is 0 Å². The van der Waals surface area contributed by atoms with Crippen molar-refractivity contribution in [1.82, 2.24) is 0 Å². The molecule has 1 unspecified atom stereocenters. The van der Waals surface area contributed by atoms with Gasteiger partial charge in [0.25, 0.3) is 10.1 Å². The molecule has 8 heteroatoms. The van der Waals surface area contributed by atoms with E-state index in [0.717, 1.165) is 19.3 Å². The molecule has 0 saturated carbocycles. The zero-order valence-corrected chi connectivity index (χ0v) is 18.6. The van der Waals surface area contributed by atoms with E-state index < -0.39 is 33.7 Å². The maximum Gasteiger partial charge on any atom is 0.327 e. The van der Waals surface area contributed by atoms with Gasteiger partial charge < -0.3 is 9.47 Å². The molecule has 0 heterocycles. The van der Waals surface area contributed by atoms with E-state index in [-0.39, 0.29) is 13.2 Å². The number of hydrogen-bond donors (Lipinski definition) is 1. The highest BCUT2D eigenvalue weighted by atomic mass is 32.2. The van der Waals surface area contributed by atoms with Crippen molar-refractivity contribution in [2.24, 2.45) is 0 Å². The molecule has 0 amide bonds. The monoisotopic (exact) mass is 434 g/mol. The van der Waals surface area contributed by atoms with Crippen molar-refractivity contribution in [3.63, 3.8) is 0 Å². The number of ether oxygens (including phenoxy) is 2. The second kappa shape index (κ2) is 17.4. The molecule has 29 heavy (non-hydrogen) atoms. The standard InChI is InChI=1S/C21H38O7S/c1-3-5-7-8-9-10-11-12-13-14-15-17-27-20(22)18-19(29(24,25)26)21(23)28-16-6-4-2/h4,19H,2-3,5-18H2,1H3,(H,24,25,26). The Balaban J connectivity index is 3.89. The molecule has 1 atom stereocenters. The maximum absolute atomic E-state index is 11.8. The van der Waals surface area contributed by atoms with Crippen molar-refractivity contribution in [1.29, 1.82) is 0 Å². The van der Waals surface area contributed by atoms with Gasteiger partial charge in [0, 0.05) is 0 Å². The molecule has 0 spiro atoms. The first-order valence-electron chi connectivity index (χ1n) is 10.7. The first kappa shape index (κ1) is 27.6. The molecule has 7 nitrogen and oxygen atoms in total. The molecular formula is C21H38O7S. The molecular weight excluding hydrogens is 396 g/mol. The normalized spacial score (nSPS) is 12.3. The van der Waals surface area contributed by atoms with Crippen LogP contribution in [-0.2, 0) is 29.2 Å². The second-order valence-electron chi connectivity index (χ2n) is 7.21. The molecule has 0 saturated heterocycles. The van der Waals surface area contributed by atoms with Crippen LogP contribution in [-0.4, -0.2) is 43.4 Å². The number of carbonyl (C=O) groups is 2. The lowest BCUT2D eigenvalue weighted by molar-refractivity contribution is -0.150. The zero-order chi connectivity index (χ0) is 22.0. The summed E-state index contributed by atoms with van der Waals surface area (Å²) in [7, 11) is -4.75. The van der Waals surface area contributed by atoms with Gasteiger partial charge in [0.05, 0.1) is 19.6 Å². The third-order valence-electron chi connectivity index (χ3n) is 4.55. The molecule has 0 radical (unpaired) electrons. The summed E-state index contributed by atoms with van der Waals surface area (Å²) in [5.74, 6) is -2.01. The van der Waals surface area contributed by atoms with Gasteiger partial charge in [-0.3, -0.25) is 14.1 Å². The van der Waals surface area contributed by atoms with Crippen LogP contribution in [0.5, 0.6) is 0 Å². The fourth-order valence-corrected chi connectivity index (χ4v) is 3.47. The molecule has 0 aliphatic heterocycles. The van der Waals surface area contributed by atoms with Gasteiger partial charge in [-0.05, 0) is 12.8 Å². The van der Waals surface area contributed by atoms with E-state index in [1.807, 2.05) is 0 Å². The lowest BCUT2D eigenvalue weighted by Crippen LogP contribution is -2.34. The minimum absolute atomic E-state index is 0.0673. The van der Waals surface area contributed by atoms with E-state index >= 15 is 0 Å². The van der Waals surface area contributed by atoms with Crippen LogP contribution in [0.4, 0.5) is 0 Å². The molecule has 0 fully saturated rings. The smallest absolute Gasteiger partial charge is 0.327 e. The fourth-order valence-electron chi connectivity index (χ4n) is 2.81. The van der Waals surface area contributed by atoms with Crippen LogP contribution in [0.15, 0.2) is 12.7 Å². The van der Waals surface area contributed by atoms with E-state index in [9.17, 15) is 18.0 Å². The Morgan fingerprint density at radius 2 is 1.41 bits per heavy atom. The Labute approximate surface area is 176 Å². The van der Waals surface area contributed by atoms with Crippen LogP contribution in [0.25, 0.3) is 0 Å². The average Bonchev–Trinajstić information content (AvgIpc) is 2.66.